The van der Waals surface area contributed by atoms with Gasteiger partial charge in [0, 0.05) is 29.4 Å². The highest BCUT2D eigenvalue weighted by Crippen LogP contribution is 2.29. The summed E-state index contributed by atoms with van der Waals surface area (Å²) in [6.07, 6.45) is 3.62. The van der Waals surface area contributed by atoms with Gasteiger partial charge in [-0.25, -0.2) is 9.78 Å². The minimum Gasteiger partial charge on any atom is -0.466 e. The van der Waals surface area contributed by atoms with Crippen molar-refractivity contribution in [3.05, 3.63) is 53.3 Å². The summed E-state index contributed by atoms with van der Waals surface area (Å²) in [4.78, 5) is 34.8. The molecule has 10 nitrogen and oxygen atoms in total. The first-order valence-electron chi connectivity index (χ1n) is 12.7. The number of aromatic amines is 1. The Morgan fingerprint density at radius 1 is 1.18 bits per heavy atom. The molecule has 1 fully saturated rings. The molecule has 4 rings (SSSR count). The van der Waals surface area contributed by atoms with Gasteiger partial charge in [-0.15, -0.1) is 12.4 Å². The number of H-pyrrole nitrogens is 1. The molecule has 5 N–H and O–H groups in total. The molecule has 1 saturated carbocycles. The number of nitrogens with one attached hydrogen (secondary N) is 3. The smallest absolute Gasteiger partial charge is 0.415 e. The number of nitrogen functional groups attached to an aromatic ring is 1. The van der Waals surface area contributed by atoms with E-state index in [0.717, 1.165) is 53.8 Å². The predicted molar refractivity (Wildman–Crippen MR) is 149 cm³/mol. The first-order chi connectivity index (χ1) is 17.9. The van der Waals surface area contributed by atoms with Crippen LogP contribution in [0, 0.1) is 12.3 Å². The summed E-state index contributed by atoms with van der Waals surface area (Å²) in [6.45, 7) is 4.70. The van der Waals surface area contributed by atoms with Gasteiger partial charge in [0.1, 0.15) is 17.4 Å². The molecule has 204 valence electrons. The van der Waals surface area contributed by atoms with E-state index in [2.05, 4.69) is 10.3 Å². The summed E-state index contributed by atoms with van der Waals surface area (Å²) >= 11 is 0. The fourth-order valence-electron chi connectivity index (χ4n) is 4.63. The van der Waals surface area contributed by atoms with E-state index in [4.69, 9.17) is 25.6 Å². The van der Waals surface area contributed by atoms with Crippen LogP contribution >= 0.6 is 12.4 Å². The number of amidine groups is 1. The lowest BCUT2D eigenvalue weighted by atomic mass is 10.2. The van der Waals surface area contributed by atoms with Crippen LogP contribution in [0.5, 0.6) is 5.75 Å². The van der Waals surface area contributed by atoms with E-state index in [1.165, 1.54) is 0 Å². The Hall–Kier alpha value is -3.79. The van der Waals surface area contributed by atoms with E-state index < -0.39 is 6.09 Å². The number of benzene rings is 2. The molecule has 0 saturated heterocycles. The molecule has 1 aromatic heterocycles. The number of imidazole rings is 1. The number of aromatic nitrogens is 2. The van der Waals surface area contributed by atoms with Crippen molar-refractivity contribution in [2.24, 2.45) is 5.73 Å². The van der Waals surface area contributed by atoms with E-state index in [1.807, 2.05) is 25.1 Å². The Morgan fingerprint density at radius 2 is 1.89 bits per heavy atom. The molecule has 0 aliphatic heterocycles. The third-order valence-corrected chi connectivity index (χ3v) is 6.62. The van der Waals surface area contributed by atoms with Gasteiger partial charge in [0.25, 0.3) is 0 Å². The lowest BCUT2D eigenvalue weighted by Crippen LogP contribution is -2.42. The Balaban J connectivity index is 0.00000400. The van der Waals surface area contributed by atoms with Gasteiger partial charge in [-0.3, -0.25) is 10.2 Å². The number of hydrogen-bond donors (Lipinski definition) is 4. The van der Waals surface area contributed by atoms with Gasteiger partial charge in [0.15, 0.2) is 0 Å². The second-order valence-electron chi connectivity index (χ2n) is 9.17. The Kier molecular flexibility index (Phi) is 9.95. The topological polar surface area (TPSA) is 146 Å². The van der Waals surface area contributed by atoms with Crippen LogP contribution in [0.2, 0.25) is 0 Å². The highest BCUT2D eigenvalue weighted by molar-refractivity contribution is 5.95. The summed E-state index contributed by atoms with van der Waals surface area (Å²) in [5, 5.41) is 10.8. The van der Waals surface area contributed by atoms with Crippen LogP contribution in [0.3, 0.4) is 0 Å². The van der Waals surface area contributed by atoms with Crippen molar-refractivity contribution in [2.75, 3.05) is 18.5 Å². The van der Waals surface area contributed by atoms with Gasteiger partial charge in [-0.05, 0) is 63.1 Å². The molecule has 0 bridgehead atoms. The standard InChI is InChI=1S/C27H34N6O4.ClH/c1-3-36-24(34)14-15-33(20-6-4-5-7-20)27(35)37-22-13-12-21-25(17(22)2)32-23(31-21)16-30-19-10-8-18(9-11-19)26(28)29;/h8-13,20,30H,3-7,14-16H2,1-2H3,(H3,28,29)(H,31,32);1H. The number of nitrogens with two attached hydrogens (primary N) is 1. The number of carbonyl (C=O) groups is 2. The van der Waals surface area contributed by atoms with Crippen LogP contribution < -0.4 is 15.8 Å². The maximum absolute atomic E-state index is 13.2. The maximum atomic E-state index is 13.2. The number of rotatable bonds is 10. The number of amides is 1. The fraction of sp³-hybridized carbons (Fsp3) is 0.407. The zero-order chi connectivity index (χ0) is 26.4. The molecular formula is C27H35ClN6O4. The number of aryl methyl sites for hydroxylation is 1. The summed E-state index contributed by atoms with van der Waals surface area (Å²) in [7, 11) is 0. The minimum atomic E-state index is -0.454. The molecule has 0 atom stereocenters. The second-order valence-corrected chi connectivity index (χ2v) is 9.17. The Morgan fingerprint density at radius 3 is 2.55 bits per heavy atom. The molecular weight excluding hydrogens is 508 g/mol. The van der Waals surface area contributed by atoms with E-state index in [9.17, 15) is 9.59 Å². The number of ether oxygens (including phenoxy) is 2. The lowest BCUT2D eigenvalue weighted by Gasteiger charge is -2.28. The van der Waals surface area contributed by atoms with E-state index in [1.54, 1.807) is 30.0 Å². The normalized spacial score (nSPS) is 13.1. The zero-order valence-corrected chi connectivity index (χ0v) is 22.5. The van der Waals surface area contributed by atoms with Crippen molar-refractivity contribution in [2.45, 2.75) is 58.5 Å². The van der Waals surface area contributed by atoms with Crippen molar-refractivity contribution in [3.63, 3.8) is 0 Å². The van der Waals surface area contributed by atoms with Crippen molar-refractivity contribution < 1.29 is 19.1 Å². The van der Waals surface area contributed by atoms with Crippen LogP contribution in [0.25, 0.3) is 11.0 Å². The number of fused-ring (bicyclic) bond motifs is 1. The Bertz CT molecular complexity index is 1270. The minimum absolute atomic E-state index is 0. The quantitative estimate of drug-likeness (QED) is 0.162. The summed E-state index contributed by atoms with van der Waals surface area (Å²) in [5.74, 6) is 0.895. The molecule has 3 aromatic rings. The molecule has 1 aliphatic rings. The van der Waals surface area contributed by atoms with Gasteiger partial charge in [0.05, 0.1) is 30.6 Å². The van der Waals surface area contributed by atoms with Crippen LogP contribution in [0.4, 0.5) is 10.5 Å². The van der Waals surface area contributed by atoms with E-state index in [-0.39, 0.29) is 43.2 Å². The number of nitrogens with zero attached hydrogens (tertiary/aromatic N) is 2. The van der Waals surface area contributed by atoms with Crippen molar-refractivity contribution >= 4 is 47.0 Å². The third kappa shape index (κ3) is 6.95. The summed E-state index contributed by atoms with van der Waals surface area (Å²) in [6, 6.07) is 11.0. The van der Waals surface area contributed by atoms with Gasteiger partial charge < -0.3 is 30.4 Å². The third-order valence-electron chi connectivity index (χ3n) is 6.62. The predicted octanol–water partition coefficient (Wildman–Crippen LogP) is 4.89. The van der Waals surface area contributed by atoms with Crippen LogP contribution in [0.15, 0.2) is 36.4 Å². The second kappa shape index (κ2) is 13.1. The van der Waals surface area contributed by atoms with Crippen molar-refractivity contribution in [3.8, 4) is 5.75 Å². The van der Waals surface area contributed by atoms with Crippen LogP contribution in [-0.4, -0.2) is 52.0 Å². The molecule has 1 heterocycles. The van der Waals surface area contributed by atoms with Gasteiger partial charge >= 0.3 is 12.1 Å². The molecule has 0 unspecified atom stereocenters. The largest absolute Gasteiger partial charge is 0.466 e. The highest BCUT2D eigenvalue weighted by Gasteiger charge is 2.29. The summed E-state index contributed by atoms with van der Waals surface area (Å²) < 4.78 is 10.9. The SMILES string of the molecule is CCOC(=O)CCN(C(=O)Oc1ccc2[nH]c(CNc3ccc(C(=N)N)cc3)nc2c1C)C1CCCC1.Cl. The molecule has 0 radical (unpaired) electrons. The molecule has 2 aromatic carbocycles. The lowest BCUT2D eigenvalue weighted by molar-refractivity contribution is -0.143. The van der Waals surface area contributed by atoms with Gasteiger partial charge in [0.2, 0.25) is 0 Å². The number of esters is 1. The van der Waals surface area contributed by atoms with Crippen LogP contribution in [0.1, 0.15) is 56.0 Å². The van der Waals surface area contributed by atoms with Crippen molar-refractivity contribution in [1.29, 1.82) is 5.41 Å². The first-order valence-corrected chi connectivity index (χ1v) is 12.7. The molecule has 11 heteroatoms. The molecule has 0 spiro atoms. The number of halogens is 1. The summed E-state index contributed by atoms with van der Waals surface area (Å²) in [5.41, 5.74) is 9.39. The van der Waals surface area contributed by atoms with Crippen LogP contribution in [-0.2, 0) is 16.1 Å². The fourth-order valence-corrected chi connectivity index (χ4v) is 4.63. The monoisotopic (exact) mass is 542 g/mol. The maximum Gasteiger partial charge on any atom is 0.415 e. The number of carbonyl (C=O) groups excluding carboxylic acids is 2. The van der Waals surface area contributed by atoms with Gasteiger partial charge in [-0.1, -0.05) is 12.8 Å². The first kappa shape index (κ1) is 28.8. The molecule has 38 heavy (non-hydrogen) atoms. The van der Waals surface area contributed by atoms with E-state index in [0.29, 0.717) is 24.5 Å². The molecule has 1 amide bonds. The number of hydrogen-bond acceptors (Lipinski definition) is 7. The zero-order valence-electron chi connectivity index (χ0n) is 21.7. The average Bonchev–Trinajstić information content (AvgIpc) is 3.56. The van der Waals surface area contributed by atoms with Crippen molar-refractivity contribution in [1.82, 2.24) is 14.9 Å². The van der Waals surface area contributed by atoms with Gasteiger partial charge in [-0.2, -0.15) is 0 Å². The molecule has 1 aliphatic carbocycles. The number of anilines is 1. The Labute approximate surface area is 228 Å². The average molecular weight is 543 g/mol. The highest BCUT2D eigenvalue weighted by atomic mass is 35.5. The van der Waals surface area contributed by atoms with E-state index >= 15 is 0 Å².